The Morgan fingerprint density at radius 3 is 2.80 bits per heavy atom. The highest BCUT2D eigenvalue weighted by molar-refractivity contribution is 5.79. The number of carbonyl (C=O) groups excluding carboxylic acids is 1. The molecular formula is C17H20N2O. The fourth-order valence-corrected chi connectivity index (χ4v) is 2.94. The van der Waals surface area contributed by atoms with Crippen LogP contribution < -0.4 is 5.32 Å². The quantitative estimate of drug-likeness (QED) is 0.923. The molecule has 0 atom stereocenters. The molecule has 20 heavy (non-hydrogen) atoms. The van der Waals surface area contributed by atoms with Gasteiger partial charge in [0.2, 0.25) is 5.91 Å². The van der Waals surface area contributed by atoms with E-state index in [4.69, 9.17) is 0 Å². The molecule has 1 aliphatic rings. The summed E-state index contributed by atoms with van der Waals surface area (Å²) >= 11 is 0. The molecule has 3 rings (SSSR count). The topological polar surface area (TPSA) is 42.0 Å². The smallest absolute Gasteiger partial charge is 0.220 e. The monoisotopic (exact) mass is 268 g/mol. The number of pyridine rings is 1. The molecule has 0 saturated heterocycles. The summed E-state index contributed by atoms with van der Waals surface area (Å²) < 4.78 is 0. The van der Waals surface area contributed by atoms with E-state index in [0.29, 0.717) is 18.9 Å². The number of nitrogens with one attached hydrogen (secondary N) is 1. The van der Waals surface area contributed by atoms with Gasteiger partial charge in [-0.2, -0.15) is 0 Å². The Labute approximate surface area is 119 Å². The number of aromatic nitrogens is 1. The first-order chi connectivity index (χ1) is 9.81. The highest BCUT2D eigenvalue weighted by Crippen LogP contribution is 2.27. The van der Waals surface area contributed by atoms with Crippen LogP contribution in [-0.2, 0) is 11.3 Å². The summed E-state index contributed by atoms with van der Waals surface area (Å²) in [6, 6.07) is 12.1. The molecule has 1 fully saturated rings. The first kappa shape index (κ1) is 13.1. The standard InChI is InChI=1S/C17H20N2O/c20-17(11-13-5-1-2-6-13)18-12-15-10-9-14-7-3-4-8-16(14)19-15/h3-4,7-10,13H,1-2,5-6,11-12H2,(H,18,20). The van der Waals surface area contributed by atoms with Gasteiger partial charge in [-0.3, -0.25) is 9.78 Å². The minimum atomic E-state index is 0.159. The van der Waals surface area contributed by atoms with Gasteiger partial charge < -0.3 is 5.32 Å². The lowest BCUT2D eigenvalue weighted by molar-refractivity contribution is -0.122. The number of carbonyl (C=O) groups is 1. The number of benzene rings is 1. The number of hydrogen-bond acceptors (Lipinski definition) is 2. The van der Waals surface area contributed by atoms with E-state index in [1.54, 1.807) is 0 Å². The summed E-state index contributed by atoms with van der Waals surface area (Å²) in [5, 5.41) is 4.12. The average molecular weight is 268 g/mol. The van der Waals surface area contributed by atoms with Crippen molar-refractivity contribution < 1.29 is 4.79 Å². The van der Waals surface area contributed by atoms with Gasteiger partial charge in [0.1, 0.15) is 0 Å². The van der Waals surface area contributed by atoms with Crippen molar-refractivity contribution in [2.75, 3.05) is 0 Å². The molecule has 0 unspecified atom stereocenters. The maximum atomic E-state index is 11.9. The van der Waals surface area contributed by atoms with Crippen LogP contribution in [0.25, 0.3) is 10.9 Å². The van der Waals surface area contributed by atoms with Gasteiger partial charge in [-0.15, -0.1) is 0 Å². The lowest BCUT2D eigenvalue weighted by Crippen LogP contribution is -2.24. The summed E-state index contributed by atoms with van der Waals surface area (Å²) in [5.41, 5.74) is 1.90. The van der Waals surface area contributed by atoms with E-state index < -0.39 is 0 Å². The molecule has 0 bridgehead atoms. The van der Waals surface area contributed by atoms with Crippen LogP contribution in [0.4, 0.5) is 0 Å². The van der Waals surface area contributed by atoms with E-state index in [0.717, 1.165) is 16.6 Å². The Hall–Kier alpha value is -1.90. The summed E-state index contributed by atoms with van der Waals surface area (Å²) in [7, 11) is 0. The molecule has 0 spiro atoms. The summed E-state index contributed by atoms with van der Waals surface area (Å²) in [4.78, 5) is 16.5. The molecule has 0 aliphatic heterocycles. The van der Waals surface area contributed by atoms with Gasteiger partial charge in [0.15, 0.2) is 0 Å². The molecule has 0 radical (unpaired) electrons. The Bertz CT molecular complexity index is 603. The van der Waals surface area contributed by atoms with Gasteiger partial charge in [-0.25, -0.2) is 0 Å². The van der Waals surface area contributed by atoms with Gasteiger partial charge >= 0.3 is 0 Å². The van der Waals surface area contributed by atoms with E-state index in [9.17, 15) is 4.79 Å². The van der Waals surface area contributed by atoms with Gasteiger partial charge in [0, 0.05) is 11.8 Å². The van der Waals surface area contributed by atoms with Crippen molar-refractivity contribution in [3.05, 3.63) is 42.1 Å². The zero-order valence-corrected chi connectivity index (χ0v) is 11.6. The van der Waals surface area contributed by atoms with Crippen molar-refractivity contribution in [3.63, 3.8) is 0 Å². The molecule has 2 aromatic rings. The largest absolute Gasteiger partial charge is 0.350 e. The highest BCUT2D eigenvalue weighted by Gasteiger charge is 2.18. The second-order valence-electron chi connectivity index (χ2n) is 5.63. The highest BCUT2D eigenvalue weighted by atomic mass is 16.1. The second-order valence-corrected chi connectivity index (χ2v) is 5.63. The van der Waals surface area contributed by atoms with Crippen LogP contribution in [0.2, 0.25) is 0 Å². The fourth-order valence-electron chi connectivity index (χ4n) is 2.94. The summed E-state index contributed by atoms with van der Waals surface area (Å²) in [6.07, 6.45) is 5.66. The van der Waals surface area contributed by atoms with Crippen molar-refractivity contribution in [1.29, 1.82) is 0 Å². The molecular weight excluding hydrogens is 248 g/mol. The molecule has 3 heteroatoms. The van der Waals surface area contributed by atoms with E-state index in [-0.39, 0.29) is 5.91 Å². The Balaban J connectivity index is 1.57. The minimum Gasteiger partial charge on any atom is -0.350 e. The van der Waals surface area contributed by atoms with Crippen molar-refractivity contribution in [2.45, 2.75) is 38.6 Å². The maximum Gasteiger partial charge on any atom is 0.220 e. The fraction of sp³-hybridized carbons (Fsp3) is 0.412. The summed E-state index contributed by atoms with van der Waals surface area (Å²) in [5.74, 6) is 0.756. The van der Waals surface area contributed by atoms with Crippen LogP contribution in [0, 0.1) is 5.92 Å². The number of nitrogens with zero attached hydrogens (tertiary/aromatic N) is 1. The van der Waals surface area contributed by atoms with Crippen LogP contribution in [0.15, 0.2) is 36.4 Å². The Morgan fingerprint density at radius 1 is 1.15 bits per heavy atom. The Morgan fingerprint density at radius 2 is 1.95 bits per heavy atom. The number of rotatable bonds is 4. The lowest BCUT2D eigenvalue weighted by Gasteiger charge is -2.09. The van der Waals surface area contributed by atoms with Gasteiger partial charge in [0.05, 0.1) is 17.8 Å². The Kier molecular flexibility index (Phi) is 3.95. The predicted molar refractivity (Wildman–Crippen MR) is 80.2 cm³/mol. The zero-order chi connectivity index (χ0) is 13.8. The molecule has 1 heterocycles. The average Bonchev–Trinajstić information content (AvgIpc) is 2.98. The minimum absolute atomic E-state index is 0.159. The van der Waals surface area contributed by atoms with Crippen LogP contribution in [0.5, 0.6) is 0 Å². The van der Waals surface area contributed by atoms with E-state index in [1.807, 2.05) is 30.3 Å². The van der Waals surface area contributed by atoms with Crippen LogP contribution in [-0.4, -0.2) is 10.9 Å². The molecule has 1 amide bonds. The third kappa shape index (κ3) is 3.16. The molecule has 1 aromatic heterocycles. The predicted octanol–water partition coefficient (Wildman–Crippen LogP) is 3.43. The number of hydrogen-bond donors (Lipinski definition) is 1. The summed E-state index contributed by atoms with van der Waals surface area (Å²) in [6.45, 7) is 0.524. The maximum absolute atomic E-state index is 11.9. The third-order valence-corrected chi connectivity index (χ3v) is 4.07. The van der Waals surface area contributed by atoms with Gasteiger partial charge in [-0.1, -0.05) is 37.1 Å². The first-order valence-corrected chi connectivity index (χ1v) is 7.42. The normalized spacial score (nSPS) is 15.6. The molecule has 3 nitrogen and oxygen atoms in total. The van der Waals surface area contributed by atoms with Crippen molar-refractivity contribution in [2.24, 2.45) is 5.92 Å². The van der Waals surface area contributed by atoms with Gasteiger partial charge in [0.25, 0.3) is 0 Å². The van der Waals surface area contributed by atoms with Crippen molar-refractivity contribution >= 4 is 16.8 Å². The number of amides is 1. The number of fused-ring (bicyclic) bond motifs is 1. The van der Waals surface area contributed by atoms with E-state index in [1.165, 1.54) is 25.7 Å². The molecule has 1 aromatic carbocycles. The zero-order valence-electron chi connectivity index (χ0n) is 11.6. The van der Waals surface area contributed by atoms with Crippen LogP contribution in [0.3, 0.4) is 0 Å². The van der Waals surface area contributed by atoms with Crippen molar-refractivity contribution in [3.8, 4) is 0 Å². The lowest BCUT2D eigenvalue weighted by atomic mass is 10.0. The van der Waals surface area contributed by atoms with Crippen LogP contribution >= 0.6 is 0 Å². The van der Waals surface area contributed by atoms with Crippen LogP contribution in [0.1, 0.15) is 37.8 Å². The third-order valence-electron chi connectivity index (χ3n) is 4.07. The second kappa shape index (κ2) is 6.04. The molecule has 104 valence electrons. The number of para-hydroxylation sites is 1. The van der Waals surface area contributed by atoms with E-state index >= 15 is 0 Å². The SMILES string of the molecule is O=C(CC1CCCC1)NCc1ccc2ccccc2n1. The first-order valence-electron chi connectivity index (χ1n) is 7.42. The van der Waals surface area contributed by atoms with Gasteiger partial charge in [-0.05, 0) is 30.9 Å². The molecule has 1 aliphatic carbocycles. The van der Waals surface area contributed by atoms with E-state index in [2.05, 4.69) is 16.4 Å². The van der Waals surface area contributed by atoms with Crippen molar-refractivity contribution in [1.82, 2.24) is 10.3 Å². The molecule has 1 saturated carbocycles. The molecule has 1 N–H and O–H groups in total.